The van der Waals surface area contributed by atoms with E-state index in [0.29, 0.717) is 22.5 Å². The number of alkyl halides is 1. The van der Waals surface area contributed by atoms with Gasteiger partial charge in [0.25, 0.3) is 0 Å². The fourth-order valence-corrected chi connectivity index (χ4v) is 2.38. The Kier molecular flexibility index (Phi) is 5.46. The maximum Gasteiger partial charge on any atom is 0.310 e. The van der Waals surface area contributed by atoms with Crippen LogP contribution in [0.3, 0.4) is 0 Å². The van der Waals surface area contributed by atoms with Crippen molar-refractivity contribution in [3.05, 3.63) is 33.8 Å². The molecule has 0 amide bonds. The van der Waals surface area contributed by atoms with Gasteiger partial charge < -0.3 is 4.74 Å². The minimum absolute atomic E-state index is 0.129. The number of rotatable bonds is 4. The first kappa shape index (κ1) is 14.0. The molecule has 1 aromatic carbocycles. The molecule has 0 saturated heterocycles. The molecule has 17 heavy (non-hydrogen) atoms. The first-order valence-corrected chi connectivity index (χ1v) is 6.55. The van der Waals surface area contributed by atoms with Gasteiger partial charge in [-0.1, -0.05) is 27.5 Å². The highest BCUT2D eigenvalue weighted by molar-refractivity contribution is 9.08. The molecular weight excluding hydrogens is 305 g/mol. The number of carbonyl (C=O) groups excluding carboxylic acids is 1. The lowest BCUT2D eigenvalue weighted by Gasteiger charge is -2.09. The van der Waals surface area contributed by atoms with Gasteiger partial charge in [-0.25, -0.2) is 0 Å². The van der Waals surface area contributed by atoms with Crippen molar-refractivity contribution in [2.24, 2.45) is 0 Å². The van der Waals surface area contributed by atoms with E-state index in [9.17, 15) is 4.79 Å². The summed E-state index contributed by atoms with van der Waals surface area (Å²) in [5.74, 6) is -0.319. The number of hydrogen-bond donors (Lipinski definition) is 0. The molecule has 0 bridgehead atoms. The molecule has 0 saturated carbocycles. The SMILES string of the molecule is CCOC(=O)Cc1cc(Cl)cc(C#N)c1CBr. The second-order valence-electron chi connectivity index (χ2n) is 3.32. The van der Waals surface area contributed by atoms with E-state index in [2.05, 4.69) is 22.0 Å². The van der Waals surface area contributed by atoms with Crippen LogP contribution in [0.2, 0.25) is 5.02 Å². The maximum absolute atomic E-state index is 11.4. The van der Waals surface area contributed by atoms with Gasteiger partial charge in [-0.15, -0.1) is 0 Å². The Bertz CT molecular complexity index is 468. The van der Waals surface area contributed by atoms with E-state index in [4.69, 9.17) is 21.6 Å². The molecule has 3 nitrogen and oxygen atoms in total. The predicted octanol–water partition coefficient (Wildman–Crippen LogP) is 3.21. The van der Waals surface area contributed by atoms with Crippen LogP contribution in [0.1, 0.15) is 23.6 Å². The molecule has 0 aliphatic heterocycles. The van der Waals surface area contributed by atoms with E-state index in [1.54, 1.807) is 19.1 Å². The first-order valence-electron chi connectivity index (χ1n) is 5.05. The number of halogens is 2. The highest BCUT2D eigenvalue weighted by Crippen LogP contribution is 2.23. The number of nitriles is 1. The van der Waals surface area contributed by atoms with E-state index in [0.717, 1.165) is 11.1 Å². The molecule has 0 N–H and O–H groups in total. The zero-order valence-electron chi connectivity index (χ0n) is 9.30. The smallest absolute Gasteiger partial charge is 0.310 e. The zero-order valence-corrected chi connectivity index (χ0v) is 11.6. The normalized spacial score (nSPS) is 9.76. The second kappa shape index (κ2) is 6.63. The fraction of sp³-hybridized carbons (Fsp3) is 0.333. The molecule has 0 radical (unpaired) electrons. The van der Waals surface area contributed by atoms with Crippen LogP contribution in [-0.4, -0.2) is 12.6 Å². The average molecular weight is 317 g/mol. The van der Waals surface area contributed by atoms with Crippen LogP contribution in [0, 0.1) is 11.3 Å². The van der Waals surface area contributed by atoms with Gasteiger partial charge in [-0.3, -0.25) is 4.79 Å². The van der Waals surface area contributed by atoms with Gasteiger partial charge in [0.05, 0.1) is 24.7 Å². The summed E-state index contributed by atoms with van der Waals surface area (Å²) in [5, 5.41) is 9.94. The van der Waals surface area contributed by atoms with Crippen LogP contribution in [0.25, 0.3) is 0 Å². The van der Waals surface area contributed by atoms with Crippen molar-refractivity contribution in [3.63, 3.8) is 0 Å². The van der Waals surface area contributed by atoms with Crippen LogP contribution in [-0.2, 0) is 21.3 Å². The van der Waals surface area contributed by atoms with Crippen LogP contribution >= 0.6 is 27.5 Å². The molecule has 1 rings (SSSR count). The number of nitrogens with zero attached hydrogens (tertiary/aromatic N) is 1. The van der Waals surface area contributed by atoms with Gasteiger partial charge in [0.2, 0.25) is 0 Å². The van der Waals surface area contributed by atoms with Crippen LogP contribution in [0.5, 0.6) is 0 Å². The van der Waals surface area contributed by atoms with Gasteiger partial charge in [0.1, 0.15) is 0 Å². The van der Waals surface area contributed by atoms with Gasteiger partial charge in [-0.05, 0) is 30.2 Å². The molecule has 0 fully saturated rings. The Morgan fingerprint density at radius 2 is 2.29 bits per heavy atom. The third kappa shape index (κ3) is 3.72. The number of esters is 1. The largest absolute Gasteiger partial charge is 0.466 e. The summed E-state index contributed by atoms with van der Waals surface area (Å²) in [6.07, 6.45) is 0.129. The highest BCUT2D eigenvalue weighted by atomic mass is 79.9. The third-order valence-corrected chi connectivity index (χ3v) is 2.98. The Labute approximate surface area is 113 Å². The lowest BCUT2D eigenvalue weighted by molar-refractivity contribution is -0.142. The monoisotopic (exact) mass is 315 g/mol. The summed E-state index contributed by atoms with van der Waals surface area (Å²) in [5.41, 5.74) is 1.99. The maximum atomic E-state index is 11.4. The molecule has 90 valence electrons. The summed E-state index contributed by atoms with van der Waals surface area (Å²) >= 11 is 9.21. The van der Waals surface area contributed by atoms with Crippen molar-refractivity contribution in [1.29, 1.82) is 5.26 Å². The highest BCUT2D eigenvalue weighted by Gasteiger charge is 2.13. The van der Waals surface area contributed by atoms with Crippen molar-refractivity contribution < 1.29 is 9.53 Å². The molecule has 0 aliphatic rings. The third-order valence-electron chi connectivity index (χ3n) is 2.20. The summed E-state index contributed by atoms with van der Waals surface area (Å²) in [6.45, 7) is 2.09. The lowest BCUT2D eigenvalue weighted by atomic mass is 10.0. The minimum Gasteiger partial charge on any atom is -0.466 e. The Morgan fingerprint density at radius 1 is 1.59 bits per heavy atom. The van der Waals surface area contributed by atoms with E-state index in [1.807, 2.05) is 0 Å². The van der Waals surface area contributed by atoms with Crippen molar-refractivity contribution in [2.45, 2.75) is 18.7 Å². The van der Waals surface area contributed by atoms with Crippen LogP contribution in [0.15, 0.2) is 12.1 Å². The quantitative estimate of drug-likeness (QED) is 0.633. The van der Waals surface area contributed by atoms with Crippen molar-refractivity contribution >= 4 is 33.5 Å². The summed E-state index contributed by atoms with van der Waals surface area (Å²) in [7, 11) is 0. The molecule has 1 aromatic rings. The molecular formula is C12H11BrClNO2. The zero-order chi connectivity index (χ0) is 12.8. The van der Waals surface area contributed by atoms with Crippen LogP contribution < -0.4 is 0 Å². The summed E-state index contributed by atoms with van der Waals surface area (Å²) in [4.78, 5) is 11.4. The Morgan fingerprint density at radius 3 is 2.82 bits per heavy atom. The van der Waals surface area contributed by atoms with Crippen LogP contribution in [0.4, 0.5) is 0 Å². The van der Waals surface area contributed by atoms with E-state index in [-0.39, 0.29) is 12.4 Å². The summed E-state index contributed by atoms with van der Waals surface area (Å²) < 4.78 is 4.88. The predicted molar refractivity (Wildman–Crippen MR) is 69.1 cm³/mol. The Balaban J connectivity index is 3.10. The molecule has 0 aromatic heterocycles. The van der Waals surface area contributed by atoms with Crippen molar-refractivity contribution in [1.82, 2.24) is 0 Å². The molecule has 0 aliphatic carbocycles. The number of ether oxygens (including phenoxy) is 1. The van der Waals surface area contributed by atoms with Crippen molar-refractivity contribution in [2.75, 3.05) is 6.61 Å². The molecule has 0 spiro atoms. The molecule has 5 heteroatoms. The minimum atomic E-state index is -0.319. The van der Waals surface area contributed by atoms with Gasteiger partial charge in [0, 0.05) is 10.4 Å². The van der Waals surface area contributed by atoms with E-state index < -0.39 is 0 Å². The molecule has 0 atom stereocenters. The van der Waals surface area contributed by atoms with Crippen molar-refractivity contribution in [3.8, 4) is 6.07 Å². The average Bonchev–Trinajstić information content (AvgIpc) is 2.28. The van der Waals surface area contributed by atoms with Gasteiger partial charge >= 0.3 is 5.97 Å². The Hall–Kier alpha value is -1.05. The standard InChI is InChI=1S/C12H11BrClNO2/c1-2-17-12(16)5-8-3-10(14)4-9(7-15)11(8)6-13/h3-4H,2,5-6H2,1H3. The van der Waals surface area contributed by atoms with E-state index in [1.165, 1.54) is 0 Å². The summed E-state index contributed by atoms with van der Waals surface area (Å²) in [6, 6.07) is 5.35. The van der Waals surface area contributed by atoms with Gasteiger partial charge in [-0.2, -0.15) is 5.26 Å². The topological polar surface area (TPSA) is 50.1 Å². The molecule has 0 heterocycles. The number of carbonyl (C=O) groups is 1. The number of hydrogen-bond acceptors (Lipinski definition) is 3. The van der Waals surface area contributed by atoms with E-state index >= 15 is 0 Å². The second-order valence-corrected chi connectivity index (χ2v) is 4.32. The molecule has 0 unspecified atom stereocenters. The number of benzene rings is 1. The first-order chi connectivity index (χ1) is 8.12. The van der Waals surface area contributed by atoms with Gasteiger partial charge in [0.15, 0.2) is 0 Å². The lowest BCUT2D eigenvalue weighted by Crippen LogP contribution is -2.09. The fourth-order valence-electron chi connectivity index (χ4n) is 1.48.